The topological polar surface area (TPSA) is 76.5 Å². The number of carbonyl (C=O) groups excluding carboxylic acids is 2. The largest absolute Gasteiger partial charge is 0.493 e. The van der Waals surface area contributed by atoms with E-state index >= 15 is 0 Å². The van der Waals surface area contributed by atoms with Gasteiger partial charge in [-0.2, -0.15) is 4.39 Å². The molecule has 0 bridgehead atoms. The molecule has 2 heterocycles. The van der Waals surface area contributed by atoms with Gasteiger partial charge in [-0.1, -0.05) is 24.3 Å². The molecule has 1 aliphatic heterocycles. The van der Waals surface area contributed by atoms with Gasteiger partial charge in [0.25, 0.3) is 5.91 Å². The minimum Gasteiger partial charge on any atom is -0.493 e. The van der Waals surface area contributed by atoms with Crippen molar-refractivity contribution in [2.45, 2.75) is 25.3 Å². The number of nitrogens with one attached hydrogen (secondary N) is 1. The van der Waals surface area contributed by atoms with Gasteiger partial charge in [0, 0.05) is 18.8 Å². The van der Waals surface area contributed by atoms with E-state index in [4.69, 9.17) is 4.74 Å². The number of methoxy groups -OCH3 is 1. The van der Waals surface area contributed by atoms with E-state index in [1.807, 2.05) is 53.1 Å². The molecule has 1 N–H and O–H groups in total. The molecule has 0 atom stereocenters. The molecule has 4 aromatic rings. The first-order chi connectivity index (χ1) is 17.9. The first kappa shape index (κ1) is 24.4. The van der Waals surface area contributed by atoms with Crippen molar-refractivity contribution in [3.05, 3.63) is 89.8 Å². The maximum Gasteiger partial charge on any atom is 0.257 e. The van der Waals surface area contributed by atoms with Crippen molar-refractivity contribution in [3.8, 4) is 5.75 Å². The van der Waals surface area contributed by atoms with Gasteiger partial charge in [-0.3, -0.25) is 9.59 Å². The quantitative estimate of drug-likeness (QED) is 0.402. The summed E-state index contributed by atoms with van der Waals surface area (Å²) in [6, 6.07) is 17.6. The third kappa shape index (κ3) is 5.02. The summed E-state index contributed by atoms with van der Waals surface area (Å²) in [5.74, 6) is -2.85. The molecular formula is C28H26F2N4O3. The summed E-state index contributed by atoms with van der Waals surface area (Å²) >= 11 is 0. The lowest BCUT2D eigenvalue weighted by atomic mass is 9.89. The zero-order valence-corrected chi connectivity index (χ0v) is 20.3. The second-order valence-corrected chi connectivity index (χ2v) is 9.04. The number of rotatable bonds is 6. The lowest BCUT2D eigenvalue weighted by molar-refractivity contribution is -0.116. The number of hydrogen-bond acceptors (Lipinski definition) is 4. The van der Waals surface area contributed by atoms with Gasteiger partial charge in [0.1, 0.15) is 6.54 Å². The van der Waals surface area contributed by atoms with Crippen molar-refractivity contribution >= 4 is 28.5 Å². The third-order valence-electron chi connectivity index (χ3n) is 6.77. The molecule has 1 aliphatic rings. The fraction of sp³-hybridized carbons (Fsp3) is 0.250. The Kier molecular flexibility index (Phi) is 6.85. The molecule has 1 aromatic heterocycles. The monoisotopic (exact) mass is 504 g/mol. The number of aromatic nitrogens is 2. The Labute approximate surface area is 212 Å². The van der Waals surface area contributed by atoms with Gasteiger partial charge in [-0.15, -0.1) is 0 Å². The van der Waals surface area contributed by atoms with Crippen molar-refractivity contribution in [2.24, 2.45) is 0 Å². The molecule has 3 aromatic carbocycles. The fourth-order valence-electron chi connectivity index (χ4n) is 4.82. The Bertz CT molecular complexity index is 1440. The van der Waals surface area contributed by atoms with Crippen molar-refractivity contribution in [3.63, 3.8) is 0 Å². The molecule has 190 valence electrons. The fourth-order valence-corrected chi connectivity index (χ4v) is 4.82. The first-order valence-electron chi connectivity index (χ1n) is 12.1. The summed E-state index contributed by atoms with van der Waals surface area (Å²) in [5.41, 5.74) is 3.59. The summed E-state index contributed by atoms with van der Waals surface area (Å²) in [5, 5.41) is 2.92. The van der Waals surface area contributed by atoms with Crippen LogP contribution in [0.25, 0.3) is 11.0 Å². The van der Waals surface area contributed by atoms with Crippen LogP contribution in [0.2, 0.25) is 0 Å². The van der Waals surface area contributed by atoms with E-state index in [2.05, 4.69) is 10.3 Å². The maximum absolute atomic E-state index is 14.0. The van der Waals surface area contributed by atoms with Gasteiger partial charge < -0.3 is 19.5 Å². The number of hydrogen-bond donors (Lipinski definition) is 1. The minimum absolute atomic E-state index is 0.0173. The molecule has 37 heavy (non-hydrogen) atoms. The number of benzene rings is 3. The summed E-state index contributed by atoms with van der Waals surface area (Å²) in [7, 11) is 1.21. The summed E-state index contributed by atoms with van der Waals surface area (Å²) in [6.45, 7) is 1.14. The molecule has 0 unspecified atom stereocenters. The maximum atomic E-state index is 14.0. The second kappa shape index (κ2) is 10.4. The van der Waals surface area contributed by atoms with Gasteiger partial charge >= 0.3 is 0 Å². The summed E-state index contributed by atoms with van der Waals surface area (Å²) in [4.78, 5) is 31.4. The molecule has 0 spiro atoms. The lowest BCUT2D eigenvalue weighted by Gasteiger charge is -2.32. The Balaban J connectivity index is 1.17. The highest BCUT2D eigenvalue weighted by Crippen LogP contribution is 2.31. The predicted molar refractivity (Wildman–Crippen MR) is 136 cm³/mol. The van der Waals surface area contributed by atoms with E-state index in [9.17, 15) is 18.4 Å². The SMILES string of the molecule is COc1c(C(=O)N2CCC(c3ccc(NC(=O)Cn4cnc5ccccc54)cc3)CC2)ccc(F)c1F. The molecule has 9 heteroatoms. The van der Waals surface area contributed by atoms with Crippen molar-refractivity contribution in [1.29, 1.82) is 0 Å². The molecule has 0 radical (unpaired) electrons. The summed E-state index contributed by atoms with van der Waals surface area (Å²) < 4.78 is 34.3. The van der Waals surface area contributed by atoms with Crippen LogP contribution in [-0.4, -0.2) is 46.5 Å². The number of nitrogens with zero attached hydrogens (tertiary/aromatic N) is 3. The highest BCUT2D eigenvalue weighted by molar-refractivity contribution is 5.97. The molecular weight excluding hydrogens is 478 g/mol. The predicted octanol–water partition coefficient (Wildman–Crippen LogP) is 4.98. The molecule has 1 saturated heterocycles. The van der Waals surface area contributed by atoms with Gasteiger partial charge in [-0.25, -0.2) is 9.37 Å². The molecule has 0 saturated carbocycles. The smallest absolute Gasteiger partial charge is 0.257 e. The minimum atomic E-state index is -1.16. The summed E-state index contributed by atoms with van der Waals surface area (Å²) in [6.07, 6.45) is 3.13. The van der Waals surface area contributed by atoms with Gasteiger partial charge in [0.2, 0.25) is 11.7 Å². The average Bonchev–Trinajstić information content (AvgIpc) is 3.33. The zero-order chi connectivity index (χ0) is 25.9. The number of halogens is 2. The average molecular weight is 505 g/mol. The highest BCUT2D eigenvalue weighted by atomic mass is 19.2. The molecule has 7 nitrogen and oxygen atoms in total. The van der Waals surface area contributed by atoms with Crippen LogP contribution in [0.5, 0.6) is 5.75 Å². The van der Waals surface area contributed by atoms with E-state index < -0.39 is 11.6 Å². The Morgan fingerprint density at radius 3 is 2.49 bits per heavy atom. The van der Waals surface area contributed by atoms with E-state index in [0.717, 1.165) is 35.5 Å². The third-order valence-corrected chi connectivity index (χ3v) is 6.77. The number of anilines is 1. The number of fused-ring (bicyclic) bond motifs is 1. The number of ether oxygens (including phenoxy) is 1. The number of likely N-dealkylation sites (tertiary alicyclic amines) is 1. The molecule has 5 rings (SSSR count). The van der Waals surface area contributed by atoms with Crippen LogP contribution in [0.3, 0.4) is 0 Å². The molecule has 1 fully saturated rings. The Hall–Kier alpha value is -4.27. The van der Waals surface area contributed by atoms with Gasteiger partial charge in [0.15, 0.2) is 11.6 Å². The van der Waals surface area contributed by atoms with Crippen LogP contribution in [0.1, 0.15) is 34.7 Å². The first-order valence-corrected chi connectivity index (χ1v) is 12.1. The Morgan fingerprint density at radius 1 is 1.03 bits per heavy atom. The van der Waals surface area contributed by atoms with E-state index in [1.54, 1.807) is 11.2 Å². The number of carbonyl (C=O) groups is 2. The van der Waals surface area contributed by atoms with Crippen LogP contribution < -0.4 is 10.1 Å². The Morgan fingerprint density at radius 2 is 1.76 bits per heavy atom. The van der Waals surface area contributed by atoms with E-state index in [0.29, 0.717) is 18.8 Å². The number of piperidine rings is 1. The van der Waals surface area contributed by atoms with Gasteiger partial charge in [-0.05, 0) is 60.7 Å². The number of amides is 2. The van der Waals surface area contributed by atoms with Crippen LogP contribution in [0.4, 0.5) is 14.5 Å². The second-order valence-electron chi connectivity index (χ2n) is 9.04. The van der Waals surface area contributed by atoms with E-state index in [-0.39, 0.29) is 35.6 Å². The molecule has 2 amide bonds. The molecule has 0 aliphatic carbocycles. The van der Waals surface area contributed by atoms with Crippen LogP contribution >= 0.6 is 0 Å². The highest BCUT2D eigenvalue weighted by Gasteiger charge is 2.28. The number of para-hydroxylation sites is 2. The normalized spacial score (nSPS) is 14.1. The van der Waals surface area contributed by atoms with Crippen LogP contribution in [-0.2, 0) is 11.3 Å². The van der Waals surface area contributed by atoms with Crippen LogP contribution in [0.15, 0.2) is 67.0 Å². The number of imidazole rings is 1. The van der Waals surface area contributed by atoms with Crippen molar-refractivity contribution in [1.82, 2.24) is 14.5 Å². The van der Waals surface area contributed by atoms with Crippen molar-refractivity contribution < 1.29 is 23.1 Å². The van der Waals surface area contributed by atoms with Crippen molar-refractivity contribution in [2.75, 3.05) is 25.5 Å². The van der Waals surface area contributed by atoms with Gasteiger partial charge in [0.05, 0.1) is 30.0 Å². The van der Waals surface area contributed by atoms with Crippen LogP contribution in [0, 0.1) is 11.6 Å². The van der Waals surface area contributed by atoms with E-state index in [1.165, 1.54) is 13.2 Å². The zero-order valence-electron chi connectivity index (χ0n) is 20.3. The lowest BCUT2D eigenvalue weighted by Crippen LogP contribution is -2.38. The standard InChI is InChI=1S/C28H26F2N4O3/c1-37-27-21(10-11-22(29)26(27)30)28(36)33-14-12-19(13-15-33)18-6-8-20(9-7-18)32-25(35)16-34-17-31-23-4-2-3-5-24(23)34/h2-11,17,19H,12-16H2,1H3,(H,32,35).